The van der Waals surface area contributed by atoms with Gasteiger partial charge in [0.1, 0.15) is 0 Å². The van der Waals surface area contributed by atoms with Gasteiger partial charge in [-0.15, -0.1) is 0 Å². The molecule has 1 N–H and O–H groups in total. The zero-order chi connectivity index (χ0) is 18.6. The third-order valence-electron chi connectivity index (χ3n) is 3.46. The summed E-state index contributed by atoms with van der Waals surface area (Å²) in [7, 11) is 1.33. The minimum absolute atomic E-state index is 0.182. The average molecular weight is 339 g/mol. The number of carboxylic acid groups (broad SMARTS) is 1. The lowest BCUT2D eigenvalue weighted by molar-refractivity contribution is -0.134. The Kier molecular flexibility index (Phi) is 5.34. The first-order chi connectivity index (χ1) is 11.9. The summed E-state index contributed by atoms with van der Waals surface area (Å²) in [6, 6.07) is 14.3. The molecule has 1 amide bonds. The van der Waals surface area contributed by atoms with Crippen molar-refractivity contribution < 1.29 is 24.2 Å². The van der Waals surface area contributed by atoms with Crippen molar-refractivity contribution in [2.75, 3.05) is 12.0 Å². The number of benzene rings is 2. The van der Waals surface area contributed by atoms with E-state index in [0.29, 0.717) is 16.8 Å². The quantitative estimate of drug-likeness (QED) is 0.671. The molecule has 0 radical (unpaired) electrons. The van der Waals surface area contributed by atoms with E-state index >= 15 is 0 Å². The molecule has 0 bridgehead atoms. The molecule has 6 nitrogen and oxygen atoms in total. The summed E-state index contributed by atoms with van der Waals surface area (Å²) in [5, 5.41) is 7.42. The number of para-hydroxylation sites is 1. The number of esters is 1. The third kappa shape index (κ3) is 3.74. The molecule has 0 fully saturated rings. The summed E-state index contributed by atoms with van der Waals surface area (Å²) in [6.07, 6.45) is 0. The van der Waals surface area contributed by atoms with Crippen molar-refractivity contribution in [2.45, 2.75) is 6.92 Å². The largest absolute Gasteiger partial charge is 0.481 e. The second-order valence-electron chi connectivity index (χ2n) is 5.20. The predicted molar refractivity (Wildman–Crippen MR) is 93.7 cm³/mol. The number of hydrogen-bond acceptors (Lipinski definition) is 4. The number of rotatable bonds is 2. The van der Waals surface area contributed by atoms with E-state index in [2.05, 4.69) is 6.58 Å². The second kappa shape index (κ2) is 7.44. The van der Waals surface area contributed by atoms with Crippen LogP contribution >= 0.6 is 0 Å². The molecular formula is C19H17NO5. The van der Waals surface area contributed by atoms with Gasteiger partial charge >= 0.3 is 5.97 Å². The maximum absolute atomic E-state index is 12.4. The van der Waals surface area contributed by atoms with Crippen molar-refractivity contribution in [2.24, 2.45) is 0 Å². The first kappa shape index (κ1) is 17.9. The number of anilines is 2. The molecule has 0 atom stereocenters. The Labute approximate surface area is 145 Å². The summed E-state index contributed by atoms with van der Waals surface area (Å²) in [5.41, 5.74) is 2.95. The maximum atomic E-state index is 12.4. The fourth-order valence-electron chi connectivity index (χ4n) is 2.41. The van der Waals surface area contributed by atoms with Crippen molar-refractivity contribution in [1.29, 1.82) is 0 Å². The smallest absolute Gasteiger partial charge is 0.337 e. The number of ether oxygens (including phenoxy) is 1. The Hall–Kier alpha value is -3.41. The highest BCUT2D eigenvalue weighted by Crippen LogP contribution is 2.41. The van der Waals surface area contributed by atoms with Crippen molar-refractivity contribution in [3.8, 4) is 0 Å². The third-order valence-corrected chi connectivity index (χ3v) is 3.46. The Balaban J connectivity index is 0.000000511. The molecule has 2 aromatic carbocycles. The number of carbonyl (C=O) groups is 3. The SMILES string of the molecule is C=C1C(=O)N(c2ccccc2)c2cc(C(=O)OC)ccc21.CC(=O)O. The van der Waals surface area contributed by atoms with Crippen LogP contribution in [-0.2, 0) is 14.3 Å². The van der Waals surface area contributed by atoms with Crippen molar-refractivity contribution in [1.82, 2.24) is 0 Å². The maximum Gasteiger partial charge on any atom is 0.337 e. The van der Waals surface area contributed by atoms with E-state index in [4.69, 9.17) is 14.6 Å². The Morgan fingerprint density at radius 3 is 2.28 bits per heavy atom. The van der Waals surface area contributed by atoms with Gasteiger partial charge in [0.25, 0.3) is 11.9 Å². The molecule has 0 spiro atoms. The van der Waals surface area contributed by atoms with E-state index in [1.54, 1.807) is 23.1 Å². The van der Waals surface area contributed by atoms with Crippen LogP contribution in [0.25, 0.3) is 5.57 Å². The number of hydrogen-bond donors (Lipinski definition) is 1. The molecule has 1 aliphatic rings. The number of carboxylic acids is 1. The molecule has 0 aromatic heterocycles. The first-order valence-electron chi connectivity index (χ1n) is 7.37. The zero-order valence-electron chi connectivity index (χ0n) is 13.9. The molecule has 2 aromatic rings. The van der Waals surface area contributed by atoms with Crippen LogP contribution in [0.5, 0.6) is 0 Å². The van der Waals surface area contributed by atoms with Gasteiger partial charge in [0, 0.05) is 23.7 Å². The van der Waals surface area contributed by atoms with Gasteiger partial charge in [-0.1, -0.05) is 30.8 Å². The van der Waals surface area contributed by atoms with E-state index in [1.807, 2.05) is 30.3 Å². The van der Waals surface area contributed by atoms with Gasteiger partial charge in [0.2, 0.25) is 0 Å². The number of nitrogens with zero attached hydrogens (tertiary/aromatic N) is 1. The fraction of sp³-hybridized carbons (Fsp3) is 0.105. The van der Waals surface area contributed by atoms with Gasteiger partial charge in [0.05, 0.1) is 18.4 Å². The summed E-state index contributed by atoms with van der Waals surface area (Å²) in [4.78, 5) is 34.7. The molecular weight excluding hydrogens is 322 g/mol. The topological polar surface area (TPSA) is 83.9 Å². The number of fused-ring (bicyclic) bond motifs is 1. The number of amides is 1. The molecule has 6 heteroatoms. The van der Waals surface area contributed by atoms with E-state index in [-0.39, 0.29) is 5.91 Å². The van der Waals surface area contributed by atoms with Crippen molar-refractivity contribution in [3.05, 3.63) is 66.2 Å². The number of aliphatic carboxylic acids is 1. The van der Waals surface area contributed by atoms with Gasteiger partial charge in [-0.2, -0.15) is 0 Å². The van der Waals surface area contributed by atoms with E-state index in [1.165, 1.54) is 7.11 Å². The molecule has 1 aliphatic heterocycles. The minimum Gasteiger partial charge on any atom is -0.481 e. The van der Waals surface area contributed by atoms with Crippen LogP contribution in [0.3, 0.4) is 0 Å². The first-order valence-corrected chi connectivity index (χ1v) is 7.37. The normalized spacial score (nSPS) is 12.2. The lowest BCUT2D eigenvalue weighted by atomic mass is 10.1. The van der Waals surface area contributed by atoms with Crippen LogP contribution in [0.2, 0.25) is 0 Å². The standard InChI is InChI=1S/C17H13NO3.C2H4O2/c1-11-14-9-8-12(17(20)21-2)10-15(14)18(16(11)19)13-6-4-3-5-7-13;1-2(3)4/h3-10H,1H2,2H3;1H3,(H,3,4). The Morgan fingerprint density at radius 2 is 1.72 bits per heavy atom. The lowest BCUT2D eigenvalue weighted by Gasteiger charge is -2.17. The lowest BCUT2D eigenvalue weighted by Crippen LogP contribution is -2.20. The number of methoxy groups -OCH3 is 1. The summed E-state index contributed by atoms with van der Waals surface area (Å²) in [6.45, 7) is 4.92. The Morgan fingerprint density at radius 1 is 1.12 bits per heavy atom. The van der Waals surface area contributed by atoms with Crippen LogP contribution < -0.4 is 4.90 Å². The highest BCUT2D eigenvalue weighted by Gasteiger charge is 2.32. The molecule has 0 unspecified atom stereocenters. The summed E-state index contributed by atoms with van der Waals surface area (Å²) < 4.78 is 4.73. The fourth-order valence-corrected chi connectivity index (χ4v) is 2.41. The van der Waals surface area contributed by atoms with Crippen LogP contribution in [-0.4, -0.2) is 30.1 Å². The second-order valence-corrected chi connectivity index (χ2v) is 5.20. The molecule has 25 heavy (non-hydrogen) atoms. The minimum atomic E-state index is -0.833. The van der Waals surface area contributed by atoms with E-state index in [0.717, 1.165) is 18.2 Å². The highest BCUT2D eigenvalue weighted by atomic mass is 16.5. The van der Waals surface area contributed by atoms with Gasteiger partial charge in [-0.05, 0) is 24.3 Å². The molecule has 0 aliphatic carbocycles. The highest BCUT2D eigenvalue weighted by molar-refractivity contribution is 6.34. The predicted octanol–water partition coefficient (Wildman–Crippen LogP) is 3.26. The van der Waals surface area contributed by atoms with Gasteiger partial charge in [0.15, 0.2) is 0 Å². The van der Waals surface area contributed by atoms with Crippen molar-refractivity contribution in [3.63, 3.8) is 0 Å². The average Bonchev–Trinajstić information content (AvgIpc) is 2.85. The van der Waals surface area contributed by atoms with Crippen molar-refractivity contribution >= 4 is 34.8 Å². The van der Waals surface area contributed by atoms with Gasteiger partial charge in [-0.3, -0.25) is 14.5 Å². The summed E-state index contributed by atoms with van der Waals surface area (Å²) in [5.74, 6) is -1.45. The van der Waals surface area contributed by atoms with Crippen LogP contribution in [0.4, 0.5) is 11.4 Å². The van der Waals surface area contributed by atoms with Crippen LogP contribution in [0, 0.1) is 0 Å². The number of carbonyl (C=O) groups excluding carboxylic acids is 2. The molecule has 1 heterocycles. The van der Waals surface area contributed by atoms with E-state index < -0.39 is 11.9 Å². The molecule has 0 saturated heterocycles. The van der Waals surface area contributed by atoms with Crippen LogP contribution in [0.15, 0.2) is 55.1 Å². The van der Waals surface area contributed by atoms with E-state index in [9.17, 15) is 9.59 Å². The monoisotopic (exact) mass is 339 g/mol. The van der Waals surface area contributed by atoms with Gasteiger partial charge in [-0.25, -0.2) is 4.79 Å². The molecule has 0 saturated carbocycles. The van der Waals surface area contributed by atoms with Crippen LogP contribution in [0.1, 0.15) is 22.8 Å². The summed E-state index contributed by atoms with van der Waals surface area (Å²) >= 11 is 0. The molecule has 128 valence electrons. The van der Waals surface area contributed by atoms with Gasteiger partial charge < -0.3 is 9.84 Å². The zero-order valence-corrected chi connectivity index (χ0v) is 13.9. The Bertz CT molecular complexity index is 838. The molecule has 3 rings (SSSR count).